The van der Waals surface area contributed by atoms with Gasteiger partial charge in [-0.25, -0.2) is 8.42 Å². The van der Waals surface area contributed by atoms with Crippen molar-refractivity contribution in [2.24, 2.45) is 11.7 Å². The number of hydrogen-bond acceptors (Lipinski definition) is 3. The third-order valence-electron chi connectivity index (χ3n) is 2.68. The Morgan fingerprint density at radius 1 is 1.42 bits per heavy atom. The van der Waals surface area contributed by atoms with Crippen LogP contribution >= 0.6 is 0 Å². The zero-order valence-electron chi connectivity index (χ0n) is 7.49. The van der Waals surface area contributed by atoms with Crippen molar-refractivity contribution in [3.63, 3.8) is 0 Å². The molecule has 0 saturated heterocycles. The molecule has 12 heavy (non-hydrogen) atoms. The van der Waals surface area contributed by atoms with Crippen molar-refractivity contribution in [3.05, 3.63) is 0 Å². The van der Waals surface area contributed by atoms with E-state index in [9.17, 15) is 8.42 Å². The summed E-state index contributed by atoms with van der Waals surface area (Å²) < 4.78 is 22.6. The fraction of sp³-hybridized carbons (Fsp3) is 1.00. The Balaban J connectivity index is 2.64. The molecule has 72 valence electrons. The zero-order chi connectivity index (χ0) is 9.19. The molecule has 0 aromatic heterocycles. The molecule has 1 rings (SSSR count). The van der Waals surface area contributed by atoms with Crippen molar-refractivity contribution in [1.82, 2.24) is 0 Å². The van der Waals surface area contributed by atoms with E-state index in [2.05, 4.69) is 0 Å². The molecule has 0 heterocycles. The summed E-state index contributed by atoms with van der Waals surface area (Å²) in [6.45, 7) is 0.608. The predicted octanol–water partition coefficient (Wildman–Crippen LogP) is 0.549. The van der Waals surface area contributed by atoms with Crippen LogP contribution in [0.5, 0.6) is 0 Å². The SMILES string of the molecule is CS(=O)(=O)C1CCCC1CCN. The molecule has 2 N–H and O–H groups in total. The molecule has 0 aliphatic heterocycles. The van der Waals surface area contributed by atoms with Gasteiger partial charge in [0.05, 0.1) is 5.25 Å². The Hall–Kier alpha value is -0.0900. The van der Waals surface area contributed by atoms with E-state index in [0.717, 1.165) is 25.7 Å². The van der Waals surface area contributed by atoms with E-state index in [-0.39, 0.29) is 5.25 Å². The Morgan fingerprint density at radius 3 is 2.58 bits per heavy atom. The van der Waals surface area contributed by atoms with Crippen molar-refractivity contribution in [2.45, 2.75) is 30.9 Å². The second-order valence-electron chi connectivity index (χ2n) is 3.64. The fourth-order valence-corrected chi connectivity index (χ4v) is 3.68. The normalized spacial score (nSPS) is 30.8. The summed E-state index contributed by atoms with van der Waals surface area (Å²) in [5.74, 6) is 0.324. The molecule has 0 radical (unpaired) electrons. The average molecular weight is 191 g/mol. The van der Waals surface area contributed by atoms with Crippen LogP contribution in [0.25, 0.3) is 0 Å². The van der Waals surface area contributed by atoms with Gasteiger partial charge >= 0.3 is 0 Å². The Labute approximate surface area is 74.3 Å². The highest BCUT2D eigenvalue weighted by atomic mass is 32.2. The van der Waals surface area contributed by atoms with Gasteiger partial charge in [0.2, 0.25) is 0 Å². The van der Waals surface area contributed by atoms with Gasteiger partial charge in [-0.1, -0.05) is 6.42 Å². The highest BCUT2D eigenvalue weighted by molar-refractivity contribution is 7.91. The lowest BCUT2D eigenvalue weighted by Gasteiger charge is -2.16. The van der Waals surface area contributed by atoms with Gasteiger partial charge in [0.1, 0.15) is 0 Å². The summed E-state index contributed by atoms with van der Waals surface area (Å²) in [7, 11) is -2.83. The third-order valence-corrected chi connectivity index (χ3v) is 4.40. The van der Waals surface area contributed by atoms with Crippen LogP contribution in [-0.2, 0) is 9.84 Å². The fourth-order valence-electron chi connectivity index (χ4n) is 2.11. The van der Waals surface area contributed by atoms with Crippen molar-refractivity contribution >= 4 is 9.84 Å². The molecular weight excluding hydrogens is 174 g/mol. The molecule has 2 unspecified atom stereocenters. The van der Waals surface area contributed by atoms with Crippen molar-refractivity contribution < 1.29 is 8.42 Å². The second kappa shape index (κ2) is 3.75. The van der Waals surface area contributed by atoms with E-state index in [1.165, 1.54) is 6.26 Å². The highest BCUT2D eigenvalue weighted by Gasteiger charge is 2.33. The van der Waals surface area contributed by atoms with Gasteiger partial charge in [0.25, 0.3) is 0 Å². The van der Waals surface area contributed by atoms with Crippen LogP contribution in [0, 0.1) is 5.92 Å². The van der Waals surface area contributed by atoms with Gasteiger partial charge < -0.3 is 5.73 Å². The van der Waals surface area contributed by atoms with Gasteiger partial charge in [-0.05, 0) is 31.7 Å². The quantitative estimate of drug-likeness (QED) is 0.708. The van der Waals surface area contributed by atoms with Crippen LogP contribution in [0.3, 0.4) is 0 Å². The zero-order valence-corrected chi connectivity index (χ0v) is 8.31. The summed E-state index contributed by atoms with van der Waals surface area (Å²) in [5, 5.41) is -0.110. The monoisotopic (exact) mass is 191 g/mol. The largest absolute Gasteiger partial charge is 0.330 e. The summed E-state index contributed by atoms with van der Waals surface area (Å²) >= 11 is 0. The Bertz CT molecular complexity index is 235. The predicted molar refractivity (Wildman–Crippen MR) is 49.6 cm³/mol. The summed E-state index contributed by atoms with van der Waals surface area (Å²) in [5.41, 5.74) is 5.42. The standard InChI is InChI=1S/C8H17NO2S/c1-12(10,11)8-4-2-3-7(8)5-6-9/h7-8H,2-6,9H2,1H3. The second-order valence-corrected chi connectivity index (χ2v) is 5.90. The molecule has 0 amide bonds. The van der Waals surface area contributed by atoms with E-state index in [1.807, 2.05) is 0 Å². The van der Waals surface area contributed by atoms with Gasteiger partial charge in [-0.3, -0.25) is 0 Å². The summed E-state index contributed by atoms with van der Waals surface area (Å²) in [4.78, 5) is 0. The van der Waals surface area contributed by atoms with Crippen LogP contribution in [0.4, 0.5) is 0 Å². The van der Waals surface area contributed by atoms with Crippen molar-refractivity contribution in [2.75, 3.05) is 12.8 Å². The van der Waals surface area contributed by atoms with Gasteiger partial charge in [0, 0.05) is 6.26 Å². The first-order chi connectivity index (χ1) is 5.55. The first-order valence-electron chi connectivity index (χ1n) is 4.44. The van der Waals surface area contributed by atoms with E-state index in [0.29, 0.717) is 12.5 Å². The molecule has 1 aliphatic carbocycles. The number of sulfone groups is 1. The van der Waals surface area contributed by atoms with Crippen LogP contribution in [0.2, 0.25) is 0 Å². The summed E-state index contributed by atoms with van der Waals surface area (Å²) in [6, 6.07) is 0. The van der Waals surface area contributed by atoms with Crippen LogP contribution < -0.4 is 5.73 Å². The van der Waals surface area contributed by atoms with E-state index >= 15 is 0 Å². The topological polar surface area (TPSA) is 60.2 Å². The minimum atomic E-state index is -2.83. The van der Waals surface area contributed by atoms with E-state index < -0.39 is 9.84 Å². The van der Waals surface area contributed by atoms with Crippen LogP contribution in [-0.4, -0.2) is 26.5 Å². The van der Waals surface area contributed by atoms with Crippen LogP contribution in [0.15, 0.2) is 0 Å². The minimum absolute atomic E-state index is 0.110. The molecule has 0 bridgehead atoms. The van der Waals surface area contributed by atoms with Crippen molar-refractivity contribution in [1.29, 1.82) is 0 Å². The molecule has 4 heteroatoms. The lowest BCUT2D eigenvalue weighted by Crippen LogP contribution is -2.25. The molecule has 1 aliphatic rings. The Morgan fingerprint density at radius 2 is 2.08 bits per heavy atom. The molecule has 0 spiro atoms. The maximum Gasteiger partial charge on any atom is 0.150 e. The molecule has 1 saturated carbocycles. The number of hydrogen-bond donors (Lipinski definition) is 1. The lowest BCUT2D eigenvalue weighted by molar-refractivity contribution is 0.494. The maximum absolute atomic E-state index is 11.3. The van der Waals surface area contributed by atoms with Gasteiger partial charge in [-0.15, -0.1) is 0 Å². The molecule has 0 aromatic carbocycles. The van der Waals surface area contributed by atoms with Gasteiger partial charge in [0.15, 0.2) is 9.84 Å². The average Bonchev–Trinajstić information content (AvgIpc) is 2.34. The maximum atomic E-state index is 11.3. The molecule has 0 aromatic rings. The highest BCUT2D eigenvalue weighted by Crippen LogP contribution is 2.32. The summed E-state index contributed by atoms with van der Waals surface area (Å²) in [6.07, 6.45) is 5.12. The minimum Gasteiger partial charge on any atom is -0.330 e. The number of nitrogens with two attached hydrogens (primary N) is 1. The van der Waals surface area contributed by atoms with Gasteiger partial charge in [-0.2, -0.15) is 0 Å². The van der Waals surface area contributed by atoms with E-state index in [1.54, 1.807) is 0 Å². The molecule has 3 nitrogen and oxygen atoms in total. The lowest BCUT2D eigenvalue weighted by atomic mass is 10.0. The smallest absolute Gasteiger partial charge is 0.150 e. The molecule has 1 fully saturated rings. The number of rotatable bonds is 3. The van der Waals surface area contributed by atoms with Crippen LogP contribution in [0.1, 0.15) is 25.7 Å². The first-order valence-corrected chi connectivity index (χ1v) is 6.40. The van der Waals surface area contributed by atoms with E-state index in [4.69, 9.17) is 5.73 Å². The first kappa shape index (κ1) is 9.99. The third kappa shape index (κ3) is 2.20. The molecule has 2 atom stereocenters. The molecular formula is C8H17NO2S. The Kier molecular flexibility index (Phi) is 3.12. The van der Waals surface area contributed by atoms with Crippen molar-refractivity contribution in [3.8, 4) is 0 Å².